The molecule has 0 bridgehead atoms. The van der Waals surface area contributed by atoms with Gasteiger partial charge < -0.3 is 4.90 Å². The van der Waals surface area contributed by atoms with Crippen molar-refractivity contribution in [3.8, 4) is 0 Å². The third kappa shape index (κ3) is 3.94. The van der Waals surface area contributed by atoms with E-state index >= 15 is 0 Å². The Balaban J connectivity index is 1.57. The van der Waals surface area contributed by atoms with Gasteiger partial charge in [0.05, 0.1) is 37.8 Å². The molecule has 1 aromatic carbocycles. The van der Waals surface area contributed by atoms with Crippen LogP contribution in [0.15, 0.2) is 24.3 Å². The number of nitrogens with zero attached hydrogens (tertiary/aromatic N) is 1. The average molecular weight is 324 g/mol. The van der Waals surface area contributed by atoms with Crippen molar-refractivity contribution in [2.75, 3.05) is 44.7 Å². The molecule has 0 saturated carbocycles. The first-order valence-corrected chi connectivity index (χ1v) is 9.52. The molecule has 6 heteroatoms. The van der Waals surface area contributed by atoms with E-state index in [9.17, 15) is 4.79 Å². The summed E-state index contributed by atoms with van der Waals surface area (Å²) >= 11 is 3.98. The van der Waals surface area contributed by atoms with Gasteiger partial charge in [-0.2, -0.15) is 0 Å². The van der Waals surface area contributed by atoms with E-state index in [-0.39, 0.29) is 5.91 Å². The molecule has 4 nitrogen and oxygen atoms in total. The highest BCUT2D eigenvalue weighted by Crippen LogP contribution is 2.45. The van der Waals surface area contributed by atoms with E-state index < -0.39 is 0 Å². The molecule has 0 aliphatic carbocycles. The summed E-state index contributed by atoms with van der Waals surface area (Å²) in [6.07, 6.45) is 0. The van der Waals surface area contributed by atoms with Crippen molar-refractivity contribution in [2.45, 2.75) is 4.58 Å². The molecule has 0 spiro atoms. The first-order valence-electron chi connectivity index (χ1n) is 7.43. The van der Waals surface area contributed by atoms with Crippen molar-refractivity contribution in [1.29, 1.82) is 0 Å². The van der Waals surface area contributed by atoms with Crippen molar-refractivity contribution in [2.24, 2.45) is 0 Å². The van der Waals surface area contributed by atoms with Crippen molar-refractivity contribution < 1.29 is 9.69 Å². The minimum Gasteiger partial charge on any atom is -0.335 e. The van der Waals surface area contributed by atoms with Crippen LogP contribution < -0.4 is 10.3 Å². The second kappa shape index (κ2) is 7.05. The van der Waals surface area contributed by atoms with E-state index in [1.165, 1.54) is 22.0 Å². The Kier molecular flexibility index (Phi) is 5.11. The van der Waals surface area contributed by atoms with Crippen LogP contribution in [0.3, 0.4) is 0 Å². The number of benzene rings is 1. The van der Waals surface area contributed by atoms with Gasteiger partial charge in [0, 0.05) is 17.1 Å². The second-order valence-electron chi connectivity index (χ2n) is 5.58. The minimum absolute atomic E-state index is 0.00725. The van der Waals surface area contributed by atoms with E-state index in [0.717, 1.165) is 31.7 Å². The number of hydrogen-bond acceptors (Lipinski definition) is 4. The van der Waals surface area contributed by atoms with Gasteiger partial charge in [-0.05, 0) is 17.7 Å². The minimum atomic E-state index is 0.00725. The SMILES string of the molecule is C[NH+]1CCN(NC(=O)c2ccc(C3SCCS3)cc2)CC1. The molecule has 2 heterocycles. The molecule has 2 fully saturated rings. The predicted molar refractivity (Wildman–Crippen MR) is 89.8 cm³/mol. The maximum Gasteiger partial charge on any atom is 0.265 e. The molecule has 21 heavy (non-hydrogen) atoms. The lowest BCUT2D eigenvalue weighted by atomic mass is 10.1. The molecular formula is C15H22N3OS2+. The van der Waals surface area contributed by atoms with Crippen LogP contribution in [-0.4, -0.2) is 55.6 Å². The fourth-order valence-corrected chi connectivity index (χ4v) is 5.41. The zero-order valence-electron chi connectivity index (χ0n) is 12.3. The summed E-state index contributed by atoms with van der Waals surface area (Å²) in [7, 11) is 2.19. The molecule has 2 aliphatic rings. The number of likely N-dealkylation sites (N-methyl/N-ethyl adjacent to an activating group) is 1. The normalized spacial score (nSPS) is 21.6. The number of quaternary nitrogens is 1. The van der Waals surface area contributed by atoms with Crippen molar-refractivity contribution in [1.82, 2.24) is 10.4 Å². The highest BCUT2D eigenvalue weighted by molar-refractivity contribution is 8.19. The van der Waals surface area contributed by atoms with Crippen LogP contribution in [0.5, 0.6) is 0 Å². The van der Waals surface area contributed by atoms with E-state index in [4.69, 9.17) is 0 Å². The van der Waals surface area contributed by atoms with Gasteiger partial charge in [0.1, 0.15) is 0 Å². The van der Waals surface area contributed by atoms with Crippen LogP contribution in [0.2, 0.25) is 0 Å². The quantitative estimate of drug-likeness (QED) is 0.856. The number of nitrogens with one attached hydrogen (secondary N) is 2. The molecule has 3 rings (SSSR count). The number of thioether (sulfide) groups is 2. The molecule has 2 N–H and O–H groups in total. The fraction of sp³-hybridized carbons (Fsp3) is 0.533. The molecule has 0 radical (unpaired) electrons. The molecule has 0 atom stereocenters. The van der Waals surface area contributed by atoms with Gasteiger partial charge in [0.15, 0.2) is 0 Å². The topological polar surface area (TPSA) is 36.8 Å². The Morgan fingerprint density at radius 2 is 1.81 bits per heavy atom. The Labute approximate surface area is 134 Å². The maximum atomic E-state index is 12.3. The van der Waals surface area contributed by atoms with Crippen molar-refractivity contribution >= 4 is 29.4 Å². The highest BCUT2D eigenvalue weighted by atomic mass is 32.2. The van der Waals surface area contributed by atoms with Crippen LogP contribution in [0.1, 0.15) is 20.5 Å². The number of hydrogen-bond donors (Lipinski definition) is 2. The van der Waals surface area contributed by atoms with Crippen LogP contribution in [0, 0.1) is 0 Å². The number of carbonyl (C=O) groups excluding carboxylic acids is 1. The zero-order valence-corrected chi connectivity index (χ0v) is 13.9. The molecule has 114 valence electrons. The van der Waals surface area contributed by atoms with Gasteiger partial charge in [-0.3, -0.25) is 10.2 Å². The lowest BCUT2D eigenvalue weighted by Crippen LogP contribution is -3.12. The summed E-state index contributed by atoms with van der Waals surface area (Å²) in [5.41, 5.74) is 5.09. The van der Waals surface area contributed by atoms with E-state index in [2.05, 4.69) is 24.6 Å². The molecule has 2 aliphatic heterocycles. The van der Waals surface area contributed by atoms with Gasteiger partial charge in [0.2, 0.25) is 0 Å². The Morgan fingerprint density at radius 1 is 1.19 bits per heavy atom. The largest absolute Gasteiger partial charge is 0.335 e. The predicted octanol–water partition coefficient (Wildman–Crippen LogP) is 0.640. The molecule has 1 amide bonds. The lowest BCUT2D eigenvalue weighted by Gasteiger charge is -2.30. The summed E-state index contributed by atoms with van der Waals surface area (Å²) < 4.78 is 0.544. The van der Waals surface area contributed by atoms with Crippen molar-refractivity contribution in [3.63, 3.8) is 0 Å². The number of amides is 1. The first-order chi connectivity index (χ1) is 10.2. The van der Waals surface area contributed by atoms with Crippen LogP contribution in [0.25, 0.3) is 0 Å². The van der Waals surface area contributed by atoms with Gasteiger partial charge in [-0.15, -0.1) is 23.5 Å². The van der Waals surface area contributed by atoms with E-state index in [1.807, 2.05) is 40.7 Å². The molecule has 1 aromatic rings. The highest BCUT2D eigenvalue weighted by Gasteiger charge is 2.20. The van der Waals surface area contributed by atoms with E-state index in [0.29, 0.717) is 4.58 Å². The third-order valence-electron chi connectivity index (χ3n) is 3.94. The Morgan fingerprint density at radius 3 is 2.43 bits per heavy atom. The summed E-state index contributed by atoms with van der Waals surface area (Å²) in [5, 5.41) is 2.03. The van der Waals surface area contributed by atoms with Gasteiger partial charge in [-0.1, -0.05) is 12.1 Å². The van der Waals surface area contributed by atoms with Crippen molar-refractivity contribution in [3.05, 3.63) is 35.4 Å². The first kappa shape index (κ1) is 15.2. The van der Waals surface area contributed by atoms with Crippen LogP contribution in [-0.2, 0) is 0 Å². The lowest BCUT2D eigenvalue weighted by molar-refractivity contribution is -0.884. The van der Waals surface area contributed by atoms with Crippen LogP contribution in [0.4, 0.5) is 0 Å². The standard InChI is InChI=1S/C15H21N3OS2/c1-17-6-8-18(9-7-17)16-14(19)12-2-4-13(5-3-12)15-20-10-11-21-15/h2-5,15H,6-11H2,1H3,(H,16,19)/p+1. The van der Waals surface area contributed by atoms with Crippen LogP contribution >= 0.6 is 23.5 Å². The average Bonchev–Trinajstić information content (AvgIpc) is 3.04. The second-order valence-corrected chi connectivity index (χ2v) is 8.30. The molecule has 2 saturated heterocycles. The van der Waals surface area contributed by atoms with E-state index in [1.54, 1.807) is 0 Å². The van der Waals surface area contributed by atoms with Gasteiger partial charge in [0.25, 0.3) is 5.91 Å². The third-order valence-corrected chi connectivity index (χ3v) is 7.05. The summed E-state index contributed by atoms with van der Waals surface area (Å²) in [5.74, 6) is 2.46. The Bertz CT molecular complexity index is 480. The number of carbonyl (C=O) groups is 1. The molecule has 0 aromatic heterocycles. The molecule has 0 unspecified atom stereocenters. The molecular weight excluding hydrogens is 302 g/mol. The maximum absolute atomic E-state index is 12.3. The number of piperazine rings is 1. The van der Waals surface area contributed by atoms with Gasteiger partial charge >= 0.3 is 0 Å². The fourth-order valence-electron chi connectivity index (χ4n) is 2.55. The Hall–Kier alpha value is -0.690. The zero-order chi connectivity index (χ0) is 14.7. The smallest absolute Gasteiger partial charge is 0.265 e. The number of rotatable bonds is 3. The monoisotopic (exact) mass is 324 g/mol. The summed E-state index contributed by atoms with van der Waals surface area (Å²) in [4.78, 5) is 13.8. The van der Waals surface area contributed by atoms with Gasteiger partial charge in [-0.25, -0.2) is 5.01 Å². The number of hydrazine groups is 1. The summed E-state index contributed by atoms with van der Waals surface area (Å²) in [6, 6.07) is 8.09. The summed E-state index contributed by atoms with van der Waals surface area (Å²) in [6.45, 7) is 4.00.